The van der Waals surface area contributed by atoms with Crippen LogP contribution in [-0.2, 0) is 31.9 Å². The van der Waals surface area contributed by atoms with Gasteiger partial charge >= 0.3 is 6.09 Å². The van der Waals surface area contributed by atoms with Crippen molar-refractivity contribution >= 4 is 24.0 Å². The molecule has 1 aliphatic heterocycles. The normalized spacial score (nSPS) is 20.6. The Bertz CT molecular complexity index is 739. The van der Waals surface area contributed by atoms with Gasteiger partial charge in [0.15, 0.2) is 0 Å². The van der Waals surface area contributed by atoms with Crippen LogP contribution in [0.1, 0.15) is 38.3 Å². The van der Waals surface area contributed by atoms with E-state index in [-0.39, 0.29) is 23.6 Å². The average molecular weight is 394 g/mol. The standard InChI is InChI=1S/C15H16FNO3.C5H11NO2/c16-14-6-12(17-15(19)10-1-2-20-8-10)5-11-3-9(7-18)4-13(11)14;1-5(2,3)8-4(6)7/h5-7,9-10H,1-4,8H2,(H,17,19);1-3H3,(H2,6,7). The lowest BCUT2D eigenvalue weighted by Gasteiger charge is -2.16. The maximum absolute atomic E-state index is 14.0. The van der Waals surface area contributed by atoms with E-state index < -0.39 is 11.7 Å². The predicted octanol–water partition coefficient (Wildman–Crippen LogP) is 2.59. The van der Waals surface area contributed by atoms with Gasteiger partial charge in [0, 0.05) is 18.2 Å². The Morgan fingerprint density at radius 3 is 2.54 bits per heavy atom. The van der Waals surface area contributed by atoms with Gasteiger partial charge in [-0.3, -0.25) is 4.79 Å². The lowest BCUT2D eigenvalue weighted by molar-refractivity contribution is -0.119. The zero-order valence-corrected chi connectivity index (χ0v) is 16.4. The number of carbonyl (C=O) groups excluding carboxylic acids is 3. The first-order valence-electron chi connectivity index (χ1n) is 9.22. The number of hydrogen-bond acceptors (Lipinski definition) is 5. The van der Waals surface area contributed by atoms with Crippen molar-refractivity contribution < 1.29 is 28.2 Å². The van der Waals surface area contributed by atoms with Crippen molar-refractivity contribution in [2.24, 2.45) is 17.6 Å². The molecule has 2 unspecified atom stereocenters. The van der Waals surface area contributed by atoms with Gasteiger partial charge in [-0.05, 0) is 63.3 Å². The minimum atomic E-state index is -0.725. The fourth-order valence-corrected chi connectivity index (χ4v) is 3.18. The summed E-state index contributed by atoms with van der Waals surface area (Å²) < 4.78 is 23.7. The van der Waals surface area contributed by atoms with Gasteiger partial charge in [-0.15, -0.1) is 0 Å². The fourth-order valence-electron chi connectivity index (χ4n) is 3.18. The molecular weight excluding hydrogens is 367 g/mol. The molecule has 0 bridgehead atoms. The average Bonchev–Trinajstić information content (AvgIpc) is 3.22. The molecule has 28 heavy (non-hydrogen) atoms. The topological polar surface area (TPSA) is 108 Å². The van der Waals surface area contributed by atoms with Crippen LogP contribution in [0.25, 0.3) is 0 Å². The molecular formula is C20H27FN2O5. The van der Waals surface area contributed by atoms with Gasteiger partial charge in [0.05, 0.1) is 12.5 Å². The first-order chi connectivity index (χ1) is 13.1. The number of ether oxygens (including phenoxy) is 2. The largest absolute Gasteiger partial charge is 0.444 e. The zero-order valence-electron chi connectivity index (χ0n) is 16.4. The number of fused-ring (bicyclic) bond motifs is 1. The van der Waals surface area contributed by atoms with E-state index in [1.54, 1.807) is 26.8 Å². The van der Waals surface area contributed by atoms with Crippen LogP contribution in [0.3, 0.4) is 0 Å². The summed E-state index contributed by atoms with van der Waals surface area (Å²) >= 11 is 0. The van der Waals surface area contributed by atoms with E-state index in [2.05, 4.69) is 10.1 Å². The number of nitrogens with one attached hydrogen (secondary N) is 1. The van der Waals surface area contributed by atoms with Gasteiger partial charge < -0.3 is 25.3 Å². The van der Waals surface area contributed by atoms with Crippen molar-refractivity contribution in [3.63, 3.8) is 0 Å². The Morgan fingerprint density at radius 1 is 1.32 bits per heavy atom. The Balaban J connectivity index is 0.000000300. The highest BCUT2D eigenvalue weighted by atomic mass is 19.1. The Labute approximate surface area is 163 Å². The minimum Gasteiger partial charge on any atom is -0.444 e. The van der Waals surface area contributed by atoms with Gasteiger partial charge in [0.1, 0.15) is 17.7 Å². The highest BCUT2D eigenvalue weighted by Crippen LogP contribution is 2.31. The molecule has 1 aromatic rings. The highest BCUT2D eigenvalue weighted by Gasteiger charge is 2.27. The number of rotatable bonds is 3. The molecule has 3 rings (SSSR count). The summed E-state index contributed by atoms with van der Waals surface area (Å²) in [5.41, 5.74) is 6.15. The lowest BCUT2D eigenvalue weighted by Crippen LogP contribution is -2.27. The van der Waals surface area contributed by atoms with Gasteiger partial charge in [0.2, 0.25) is 5.91 Å². The Hall–Kier alpha value is -2.48. The van der Waals surface area contributed by atoms with Crippen molar-refractivity contribution in [3.8, 4) is 0 Å². The van der Waals surface area contributed by atoms with E-state index in [9.17, 15) is 18.8 Å². The molecule has 0 aromatic heterocycles. The monoisotopic (exact) mass is 394 g/mol. The summed E-state index contributed by atoms with van der Waals surface area (Å²) in [6, 6.07) is 3.11. The molecule has 1 saturated heterocycles. The van der Waals surface area contributed by atoms with E-state index in [1.807, 2.05) is 0 Å². The van der Waals surface area contributed by atoms with Crippen LogP contribution in [0.5, 0.6) is 0 Å². The van der Waals surface area contributed by atoms with E-state index in [1.165, 1.54) is 6.07 Å². The summed E-state index contributed by atoms with van der Waals surface area (Å²) in [5.74, 6) is -0.778. The summed E-state index contributed by atoms with van der Waals surface area (Å²) in [5, 5.41) is 2.74. The third-order valence-corrected chi connectivity index (χ3v) is 4.40. The predicted molar refractivity (Wildman–Crippen MR) is 101 cm³/mol. The number of primary amides is 1. The Morgan fingerprint density at radius 2 is 2.04 bits per heavy atom. The quantitative estimate of drug-likeness (QED) is 0.766. The first-order valence-corrected chi connectivity index (χ1v) is 9.22. The highest BCUT2D eigenvalue weighted by molar-refractivity contribution is 5.93. The molecule has 2 amide bonds. The number of anilines is 1. The molecule has 8 heteroatoms. The van der Waals surface area contributed by atoms with E-state index in [0.29, 0.717) is 43.7 Å². The molecule has 1 heterocycles. The molecule has 1 aliphatic carbocycles. The second-order valence-corrected chi connectivity index (χ2v) is 7.98. The first kappa shape index (κ1) is 21.8. The molecule has 1 aromatic carbocycles. The van der Waals surface area contributed by atoms with Crippen molar-refractivity contribution in [1.82, 2.24) is 0 Å². The van der Waals surface area contributed by atoms with E-state index in [0.717, 1.165) is 11.8 Å². The number of benzene rings is 1. The van der Waals surface area contributed by atoms with Gasteiger partial charge in [-0.1, -0.05) is 0 Å². The van der Waals surface area contributed by atoms with Crippen LogP contribution in [0.2, 0.25) is 0 Å². The third kappa shape index (κ3) is 6.30. The lowest BCUT2D eigenvalue weighted by atomic mass is 10.1. The van der Waals surface area contributed by atoms with Crippen LogP contribution in [0.4, 0.5) is 14.9 Å². The van der Waals surface area contributed by atoms with Crippen LogP contribution >= 0.6 is 0 Å². The van der Waals surface area contributed by atoms with Crippen LogP contribution in [-0.4, -0.2) is 37.1 Å². The number of carbonyl (C=O) groups is 3. The summed E-state index contributed by atoms with van der Waals surface area (Å²) in [6.07, 6.45) is 1.85. The fraction of sp³-hybridized carbons (Fsp3) is 0.550. The summed E-state index contributed by atoms with van der Waals surface area (Å²) in [7, 11) is 0. The van der Waals surface area contributed by atoms with Crippen molar-refractivity contribution in [1.29, 1.82) is 0 Å². The van der Waals surface area contributed by atoms with Gasteiger partial charge in [-0.2, -0.15) is 0 Å². The van der Waals surface area contributed by atoms with Crippen LogP contribution < -0.4 is 11.1 Å². The molecule has 2 aliphatic rings. The van der Waals surface area contributed by atoms with Gasteiger partial charge in [0.25, 0.3) is 0 Å². The third-order valence-electron chi connectivity index (χ3n) is 4.40. The van der Waals surface area contributed by atoms with E-state index in [4.69, 9.17) is 10.5 Å². The molecule has 2 atom stereocenters. The molecule has 3 N–H and O–H groups in total. The van der Waals surface area contributed by atoms with Gasteiger partial charge in [-0.25, -0.2) is 9.18 Å². The molecule has 1 fully saturated rings. The number of amides is 2. The second kappa shape index (κ2) is 9.14. The molecule has 7 nitrogen and oxygen atoms in total. The SMILES string of the molecule is CC(C)(C)OC(N)=O.O=CC1Cc2cc(NC(=O)C3CCOC3)cc(F)c2C1. The number of halogens is 1. The Kier molecular flexibility index (Phi) is 7.12. The molecule has 154 valence electrons. The second-order valence-electron chi connectivity index (χ2n) is 7.98. The van der Waals surface area contributed by atoms with E-state index >= 15 is 0 Å². The number of nitrogens with two attached hydrogens (primary N) is 1. The summed E-state index contributed by atoms with van der Waals surface area (Å²) in [6.45, 7) is 6.30. The van der Waals surface area contributed by atoms with Crippen molar-refractivity contribution in [2.75, 3.05) is 18.5 Å². The summed E-state index contributed by atoms with van der Waals surface area (Å²) in [4.78, 5) is 32.8. The van der Waals surface area contributed by atoms with Crippen LogP contribution in [0, 0.1) is 17.7 Å². The number of aldehydes is 1. The minimum absolute atomic E-state index is 0.133. The van der Waals surface area contributed by atoms with Crippen molar-refractivity contribution in [2.45, 2.75) is 45.6 Å². The number of hydrogen-bond donors (Lipinski definition) is 2. The maximum atomic E-state index is 14.0. The van der Waals surface area contributed by atoms with Crippen LogP contribution in [0.15, 0.2) is 12.1 Å². The molecule has 0 radical (unpaired) electrons. The molecule has 0 saturated carbocycles. The zero-order chi connectivity index (χ0) is 20.9. The smallest absolute Gasteiger partial charge is 0.405 e. The maximum Gasteiger partial charge on any atom is 0.405 e. The molecule has 0 spiro atoms. The van der Waals surface area contributed by atoms with Crippen molar-refractivity contribution in [3.05, 3.63) is 29.1 Å².